The number of hydrogen-bond donors (Lipinski definition) is 0. The monoisotopic (exact) mass is 346 g/mol. The third-order valence-corrected chi connectivity index (χ3v) is 4.78. The van der Waals surface area contributed by atoms with Crippen LogP contribution in [0.25, 0.3) is 0 Å². The molecule has 1 amide bonds. The highest BCUT2D eigenvalue weighted by Crippen LogP contribution is 2.29. The second kappa shape index (κ2) is 7.34. The van der Waals surface area contributed by atoms with E-state index in [2.05, 4.69) is 36.1 Å². The summed E-state index contributed by atoms with van der Waals surface area (Å²) in [5.41, 5.74) is 0.809. The minimum absolute atomic E-state index is 0.0498. The zero-order valence-electron chi connectivity index (χ0n) is 15.8. The fourth-order valence-corrected chi connectivity index (χ4v) is 3.72. The molecule has 2 fully saturated rings. The predicted molar refractivity (Wildman–Crippen MR) is 97.4 cm³/mol. The molecule has 3 unspecified atom stereocenters. The van der Waals surface area contributed by atoms with Crippen molar-refractivity contribution in [2.75, 3.05) is 19.6 Å². The Hall–Kier alpha value is -1.59. The molecule has 1 aromatic rings. The van der Waals surface area contributed by atoms with Gasteiger partial charge >= 0.3 is 6.09 Å². The molecule has 0 bridgehead atoms. The molecule has 1 aromatic carbocycles. The third kappa shape index (κ3) is 4.73. The molecule has 2 saturated heterocycles. The van der Waals surface area contributed by atoms with Crippen molar-refractivity contribution in [1.29, 1.82) is 0 Å². The van der Waals surface area contributed by atoms with Crippen molar-refractivity contribution >= 4 is 6.09 Å². The van der Waals surface area contributed by atoms with Crippen molar-refractivity contribution in [3.63, 3.8) is 0 Å². The van der Waals surface area contributed by atoms with E-state index in [4.69, 9.17) is 9.47 Å². The van der Waals surface area contributed by atoms with Gasteiger partial charge in [0, 0.05) is 26.2 Å². The lowest BCUT2D eigenvalue weighted by Crippen LogP contribution is -2.47. The molecule has 2 aliphatic heterocycles. The molecular formula is C20H30N2O3. The first kappa shape index (κ1) is 18.2. The summed E-state index contributed by atoms with van der Waals surface area (Å²) in [5, 5.41) is 0. The van der Waals surface area contributed by atoms with Gasteiger partial charge in [-0.3, -0.25) is 4.90 Å². The molecule has 0 spiro atoms. The summed E-state index contributed by atoms with van der Waals surface area (Å²) in [6.45, 7) is 11.1. The van der Waals surface area contributed by atoms with Gasteiger partial charge in [-0.25, -0.2) is 4.79 Å². The Labute approximate surface area is 150 Å². The Morgan fingerprint density at radius 3 is 2.64 bits per heavy atom. The van der Waals surface area contributed by atoms with Gasteiger partial charge in [-0.15, -0.1) is 0 Å². The highest BCUT2D eigenvalue weighted by atomic mass is 16.6. The number of hydrogen-bond acceptors (Lipinski definition) is 4. The number of carbonyl (C=O) groups is 1. The quantitative estimate of drug-likeness (QED) is 0.824. The van der Waals surface area contributed by atoms with Gasteiger partial charge in [0.05, 0.1) is 18.2 Å². The van der Waals surface area contributed by atoms with Crippen LogP contribution >= 0.6 is 0 Å². The summed E-state index contributed by atoms with van der Waals surface area (Å²) < 4.78 is 11.8. The Balaban J connectivity index is 1.72. The van der Waals surface area contributed by atoms with Crippen LogP contribution < -0.4 is 0 Å². The number of amides is 1. The molecule has 25 heavy (non-hydrogen) atoms. The Morgan fingerprint density at radius 1 is 1.24 bits per heavy atom. The molecule has 0 aliphatic carbocycles. The van der Waals surface area contributed by atoms with E-state index in [1.165, 1.54) is 5.56 Å². The summed E-state index contributed by atoms with van der Waals surface area (Å²) in [6.07, 6.45) is 0.885. The highest BCUT2D eigenvalue weighted by Gasteiger charge is 2.43. The number of carbonyl (C=O) groups excluding carboxylic acids is 1. The number of nitrogens with zero attached hydrogens (tertiary/aromatic N) is 2. The van der Waals surface area contributed by atoms with Crippen LogP contribution in [0.15, 0.2) is 30.3 Å². The summed E-state index contributed by atoms with van der Waals surface area (Å²) in [5.74, 6) is 0. The van der Waals surface area contributed by atoms with Crippen LogP contribution in [0.1, 0.15) is 39.7 Å². The average Bonchev–Trinajstić information content (AvgIpc) is 2.78. The molecule has 0 N–H and O–H groups in total. The van der Waals surface area contributed by atoms with Gasteiger partial charge in [0.1, 0.15) is 5.60 Å². The Morgan fingerprint density at radius 2 is 1.96 bits per heavy atom. The molecule has 5 nitrogen and oxygen atoms in total. The minimum atomic E-state index is -0.478. The minimum Gasteiger partial charge on any atom is -0.444 e. The third-order valence-electron chi connectivity index (χ3n) is 4.78. The summed E-state index contributed by atoms with van der Waals surface area (Å²) in [7, 11) is 0. The van der Waals surface area contributed by atoms with Crippen LogP contribution in [-0.4, -0.2) is 59.4 Å². The van der Waals surface area contributed by atoms with Gasteiger partial charge in [-0.2, -0.15) is 0 Å². The van der Waals surface area contributed by atoms with E-state index >= 15 is 0 Å². The van der Waals surface area contributed by atoms with E-state index in [9.17, 15) is 4.79 Å². The van der Waals surface area contributed by atoms with E-state index in [0.29, 0.717) is 6.54 Å². The normalized spacial score (nSPS) is 27.7. The van der Waals surface area contributed by atoms with Crippen LogP contribution in [0.3, 0.4) is 0 Å². The highest BCUT2D eigenvalue weighted by molar-refractivity contribution is 5.68. The summed E-state index contributed by atoms with van der Waals surface area (Å²) in [6, 6.07) is 10.6. The number of fused-ring (bicyclic) bond motifs is 1. The first-order valence-corrected chi connectivity index (χ1v) is 9.23. The fourth-order valence-electron chi connectivity index (χ4n) is 3.72. The van der Waals surface area contributed by atoms with E-state index in [1.807, 2.05) is 31.7 Å². The lowest BCUT2D eigenvalue weighted by atomic mass is 10.1. The largest absolute Gasteiger partial charge is 0.444 e. The molecular weight excluding hydrogens is 316 g/mol. The van der Waals surface area contributed by atoms with Gasteiger partial charge in [0.25, 0.3) is 0 Å². The molecule has 3 rings (SSSR count). The van der Waals surface area contributed by atoms with Crippen molar-refractivity contribution in [2.24, 2.45) is 0 Å². The van der Waals surface area contributed by atoms with Crippen LogP contribution in [-0.2, 0) is 16.0 Å². The Kier molecular flexibility index (Phi) is 5.35. The SMILES string of the molecule is CC1CC2C(CN(Cc3ccccc3)CCN2C(=O)OC(C)(C)C)O1. The summed E-state index contributed by atoms with van der Waals surface area (Å²) in [4.78, 5) is 17.0. The van der Waals surface area contributed by atoms with Gasteiger partial charge in [0.2, 0.25) is 0 Å². The van der Waals surface area contributed by atoms with Crippen molar-refractivity contribution < 1.29 is 14.3 Å². The van der Waals surface area contributed by atoms with Gasteiger partial charge in [-0.05, 0) is 39.7 Å². The maximum absolute atomic E-state index is 12.7. The zero-order valence-corrected chi connectivity index (χ0v) is 15.8. The van der Waals surface area contributed by atoms with Gasteiger partial charge < -0.3 is 14.4 Å². The molecule has 2 aliphatic rings. The lowest BCUT2D eigenvalue weighted by molar-refractivity contribution is 0.00194. The first-order valence-electron chi connectivity index (χ1n) is 9.23. The van der Waals surface area contributed by atoms with Crippen molar-refractivity contribution in [3.05, 3.63) is 35.9 Å². The maximum atomic E-state index is 12.7. The van der Waals surface area contributed by atoms with Gasteiger partial charge in [-0.1, -0.05) is 30.3 Å². The average molecular weight is 346 g/mol. The number of benzene rings is 1. The molecule has 2 heterocycles. The topological polar surface area (TPSA) is 42.0 Å². The van der Waals surface area contributed by atoms with Crippen LogP contribution in [0.2, 0.25) is 0 Å². The van der Waals surface area contributed by atoms with Crippen molar-refractivity contribution in [2.45, 2.75) is 64.5 Å². The first-order chi connectivity index (χ1) is 11.8. The smallest absolute Gasteiger partial charge is 0.410 e. The molecule has 3 atom stereocenters. The zero-order chi connectivity index (χ0) is 18.0. The van der Waals surface area contributed by atoms with E-state index in [0.717, 1.165) is 26.1 Å². The molecule has 0 saturated carbocycles. The van der Waals surface area contributed by atoms with E-state index < -0.39 is 5.60 Å². The number of ether oxygens (including phenoxy) is 2. The van der Waals surface area contributed by atoms with Crippen LogP contribution in [0.5, 0.6) is 0 Å². The number of rotatable bonds is 2. The molecule has 0 aromatic heterocycles. The van der Waals surface area contributed by atoms with Gasteiger partial charge in [0.15, 0.2) is 0 Å². The standard InChI is InChI=1S/C20H30N2O3/c1-15-12-17-18(24-15)14-21(13-16-8-6-5-7-9-16)10-11-22(17)19(23)25-20(2,3)4/h5-9,15,17-18H,10-14H2,1-4H3. The Bertz CT molecular complexity index is 584. The second-order valence-electron chi connectivity index (χ2n) is 8.18. The molecule has 138 valence electrons. The second-order valence-corrected chi connectivity index (χ2v) is 8.18. The molecule has 5 heteroatoms. The predicted octanol–water partition coefficient (Wildman–Crippen LogP) is 3.29. The summed E-state index contributed by atoms with van der Waals surface area (Å²) >= 11 is 0. The van der Waals surface area contributed by atoms with Crippen LogP contribution in [0, 0.1) is 0 Å². The lowest BCUT2D eigenvalue weighted by Gasteiger charge is -2.31. The fraction of sp³-hybridized carbons (Fsp3) is 0.650. The van der Waals surface area contributed by atoms with Crippen LogP contribution in [0.4, 0.5) is 4.79 Å². The van der Waals surface area contributed by atoms with Crippen molar-refractivity contribution in [3.8, 4) is 0 Å². The van der Waals surface area contributed by atoms with E-state index in [-0.39, 0.29) is 24.3 Å². The molecule has 0 radical (unpaired) electrons. The maximum Gasteiger partial charge on any atom is 0.410 e. The van der Waals surface area contributed by atoms with Crippen molar-refractivity contribution in [1.82, 2.24) is 9.80 Å². The van der Waals surface area contributed by atoms with E-state index in [1.54, 1.807) is 0 Å².